The first-order valence-electron chi connectivity index (χ1n) is 11.1. The molecule has 2 amide bonds. The van der Waals surface area contributed by atoms with Gasteiger partial charge < -0.3 is 15.0 Å². The highest BCUT2D eigenvalue weighted by atomic mass is 79.9. The summed E-state index contributed by atoms with van der Waals surface area (Å²) in [4.78, 5) is 27.8. The van der Waals surface area contributed by atoms with E-state index in [0.717, 1.165) is 33.4 Å². The van der Waals surface area contributed by atoms with Crippen LogP contribution < -0.4 is 14.4 Å². The molecular formula is C24H31BrClN3O5S. The molecule has 0 aliphatic heterocycles. The summed E-state index contributed by atoms with van der Waals surface area (Å²) in [5.74, 6) is -0.611. The molecule has 0 saturated heterocycles. The van der Waals surface area contributed by atoms with Crippen molar-refractivity contribution in [2.24, 2.45) is 0 Å². The van der Waals surface area contributed by atoms with Crippen LogP contribution in [0.1, 0.15) is 32.3 Å². The minimum absolute atomic E-state index is 0.116. The van der Waals surface area contributed by atoms with Crippen molar-refractivity contribution >= 4 is 55.1 Å². The lowest BCUT2D eigenvalue weighted by molar-refractivity contribution is -0.139. The number of unbranched alkanes of at least 4 members (excludes halogenated alkanes) is 1. The number of nitrogens with one attached hydrogen (secondary N) is 1. The number of hydrogen-bond donors (Lipinski definition) is 1. The summed E-state index contributed by atoms with van der Waals surface area (Å²) in [6.45, 7) is 3.72. The Hall–Kier alpha value is -2.30. The summed E-state index contributed by atoms with van der Waals surface area (Å²) in [5, 5.41) is 3.13. The summed E-state index contributed by atoms with van der Waals surface area (Å²) in [7, 11) is -2.50. The highest BCUT2D eigenvalue weighted by molar-refractivity contribution is 9.10. The number of rotatable bonds is 12. The van der Waals surface area contributed by atoms with Gasteiger partial charge in [-0.25, -0.2) is 8.42 Å². The molecule has 1 unspecified atom stereocenters. The first-order chi connectivity index (χ1) is 16.5. The van der Waals surface area contributed by atoms with Crippen molar-refractivity contribution in [1.29, 1.82) is 0 Å². The molecule has 0 radical (unpaired) electrons. The number of nitrogens with zero attached hydrogens (tertiary/aromatic N) is 2. The van der Waals surface area contributed by atoms with Crippen molar-refractivity contribution in [3.8, 4) is 5.75 Å². The van der Waals surface area contributed by atoms with Gasteiger partial charge in [-0.1, -0.05) is 53.0 Å². The van der Waals surface area contributed by atoms with E-state index in [9.17, 15) is 18.0 Å². The zero-order valence-corrected chi connectivity index (χ0v) is 23.4. The van der Waals surface area contributed by atoms with E-state index in [0.29, 0.717) is 6.54 Å². The fourth-order valence-electron chi connectivity index (χ4n) is 3.40. The first kappa shape index (κ1) is 28.9. The first-order valence-corrected chi connectivity index (χ1v) is 14.1. The highest BCUT2D eigenvalue weighted by Crippen LogP contribution is 2.33. The van der Waals surface area contributed by atoms with Crippen LogP contribution in [0.25, 0.3) is 0 Å². The van der Waals surface area contributed by atoms with E-state index in [4.69, 9.17) is 16.3 Å². The summed E-state index contributed by atoms with van der Waals surface area (Å²) in [6.07, 6.45) is 2.73. The van der Waals surface area contributed by atoms with Crippen LogP contribution in [0.2, 0.25) is 5.02 Å². The molecule has 0 bridgehead atoms. The van der Waals surface area contributed by atoms with Crippen LogP contribution in [-0.4, -0.2) is 57.6 Å². The molecule has 0 aromatic heterocycles. The van der Waals surface area contributed by atoms with Crippen molar-refractivity contribution in [2.45, 2.75) is 39.3 Å². The second kappa shape index (κ2) is 13.1. The monoisotopic (exact) mass is 587 g/mol. The third-order valence-electron chi connectivity index (χ3n) is 5.33. The third-order valence-corrected chi connectivity index (χ3v) is 7.18. The van der Waals surface area contributed by atoms with E-state index < -0.39 is 28.5 Å². The van der Waals surface area contributed by atoms with Gasteiger partial charge in [0.05, 0.1) is 19.1 Å². The lowest BCUT2D eigenvalue weighted by Gasteiger charge is -2.32. The van der Waals surface area contributed by atoms with Crippen LogP contribution in [0.4, 0.5) is 5.69 Å². The molecule has 2 aromatic rings. The molecule has 35 heavy (non-hydrogen) atoms. The number of benzene rings is 2. The Morgan fingerprint density at radius 3 is 2.51 bits per heavy atom. The van der Waals surface area contributed by atoms with Crippen molar-refractivity contribution in [3.05, 3.63) is 57.5 Å². The van der Waals surface area contributed by atoms with Gasteiger partial charge in [0.25, 0.3) is 0 Å². The predicted molar refractivity (Wildman–Crippen MR) is 142 cm³/mol. The van der Waals surface area contributed by atoms with E-state index in [1.807, 2.05) is 31.2 Å². The molecular weight excluding hydrogens is 558 g/mol. The minimum atomic E-state index is -3.90. The van der Waals surface area contributed by atoms with Gasteiger partial charge in [-0.2, -0.15) is 0 Å². The number of sulfonamides is 1. The maximum Gasteiger partial charge on any atom is 0.244 e. The van der Waals surface area contributed by atoms with Crippen molar-refractivity contribution in [2.75, 3.05) is 30.8 Å². The Kier molecular flexibility index (Phi) is 10.9. The molecule has 8 nitrogen and oxygen atoms in total. The molecule has 2 aromatic carbocycles. The molecule has 2 rings (SSSR count). The van der Waals surface area contributed by atoms with E-state index >= 15 is 0 Å². The SMILES string of the molecule is CCCCNC(=O)C(C)N(Cc1cccc(Br)c1)C(=O)CN(c1cc(Cl)ccc1OC)S(C)(=O)=O. The highest BCUT2D eigenvalue weighted by Gasteiger charge is 2.31. The molecule has 0 aliphatic rings. The van der Waals surface area contributed by atoms with Crippen LogP contribution in [0.15, 0.2) is 46.9 Å². The summed E-state index contributed by atoms with van der Waals surface area (Å²) in [5.41, 5.74) is 0.922. The smallest absolute Gasteiger partial charge is 0.244 e. The number of hydrogen-bond acceptors (Lipinski definition) is 5. The summed E-state index contributed by atoms with van der Waals surface area (Å²) in [6, 6.07) is 11.0. The number of ether oxygens (including phenoxy) is 1. The van der Waals surface area contributed by atoms with Crippen molar-refractivity contribution in [1.82, 2.24) is 10.2 Å². The Labute approximate surface area is 220 Å². The molecule has 0 fully saturated rings. The van der Waals surface area contributed by atoms with Gasteiger partial charge in [0.1, 0.15) is 18.3 Å². The van der Waals surface area contributed by atoms with Crippen LogP contribution >= 0.6 is 27.5 Å². The molecule has 192 valence electrons. The Balaban J connectivity index is 2.42. The number of carbonyl (C=O) groups is 2. The number of halogens is 2. The lowest BCUT2D eigenvalue weighted by Crippen LogP contribution is -2.51. The molecule has 1 N–H and O–H groups in total. The normalized spacial score (nSPS) is 12.1. The summed E-state index contributed by atoms with van der Waals surface area (Å²) >= 11 is 9.53. The quantitative estimate of drug-likeness (QED) is 0.375. The fourth-order valence-corrected chi connectivity index (χ4v) is 4.86. The average Bonchev–Trinajstić information content (AvgIpc) is 2.79. The van der Waals surface area contributed by atoms with Gasteiger partial charge in [0.15, 0.2) is 0 Å². The van der Waals surface area contributed by atoms with Crippen LogP contribution in [0.3, 0.4) is 0 Å². The maximum absolute atomic E-state index is 13.6. The topological polar surface area (TPSA) is 96.0 Å². The van der Waals surface area contributed by atoms with Gasteiger partial charge in [-0.3, -0.25) is 13.9 Å². The van der Waals surface area contributed by atoms with Gasteiger partial charge in [0, 0.05) is 22.6 Å². The molecule has 0 heterocycles. The van der Waals surface area contributed by atoms with Gasteiger partial charge in [-0.05, 0) is 49.2 Å². The Morgan fingerprint density at radius 1 is 1.20 bits per heavy atom. The standard InChI is InChI=1S/C24H31BrClN3O5S/c1-5-6-12-27-24(31)17(2)28(15-18-8-7-9-19(25)13-18)23(30)16-29(35(4,32)33)21-14-20(26)10-11-22(21)34-3/h7-11,13-14,17H,5-6,12,15-16H2,1-4H3,(H,27,31). The van der Waals surface area contributed by atoms with Crippen LogP contribution in [0.5, 0.6) is 5.75 Å². The van der Waals surface area contributed by atoms with Crippen molar-refractivity contribution < 1.29 is 22.7 Å². The third kappa shape index (κ3) is 8.40. The zero-order valence-electron chi connectivity index (χ0n) is 20.3. The average molecular weight is 589 g/mol. The Bertz CT molecular complexity index is 1150. The van der Waals surface area contributed by atoms with E-state index in [-0.39, 0.29) is 28.9 Å². The van der Waals surface area contributed by atoms with E-state index in [2.05, 4.69) is 21.2 Å². The second-order valence-corrected chi connectivity index (χ2v) is 11.3. The number of carbonyl (C=O) groups excluding carboxylic acids is 2. The molecule has 0 saturated carbocycles. The minimum Gasteiger partial charge on any atom is -0.495 e. The molecule has 0 aliphatic carbocycles. The fraction of sp³-hybridized carbons (Fsp3) is 0.417. The maximum atomic E-state index is 13.6. The largest absolute Gasteiger partial charge is 0.495 e. The molecule has 1 atom stereocenters. The number of amides is 2. The number of methoxy groups -OCH3 is 1. The van der Waals surface area contributed by atoms with E-state index in [1.54, 1.807) is 13.0 Å². The van der Waals surface area contributed by atoms with Gasteiger partial charge >= 0.3 is 0 Å². The number of anilines is 1. The zero-order chi connectivity index (χ0) is 26.2. The lowest BCUT2D eigenvalue weighted by atomic mass is 10.1. The van der Waals surface area contributed by atoms with Crippen LogP contribution in [-0.2, 0) is 26.2 Å². The van der Waals surface area contributed by atoms with Crippen molar-refractivity contribution in [3.63, 3.8) is 0 Å². The molecule has 11 heteroatoms. The summed E-state index contributed by atoms with van der Waals surface area (Å²) < 4.78 is 32.5. The van der Waals surface area contributed by atoms with Gasteiger partial charge in [0.2, 0.25) is 21.8 Å². The second-order valence-electron chi connectivity index (χ2n) is 8.06. The van der Waals surface area contributed by atoms with E-state index in [1.165, 1.54) is 24.1 Å². The predicted octanol–water partition coefficient (Wildman–Crippen LogP) is 4.21. The Morgan fingerprint density at radius 2 is 1.91 bits per heavy atom. The van der Waals surface area contributed by atoms with Crippen LogP contribution in [0, 0.1) is 0 Å². The molecule has 0 spiro atoms. The van der Waals surface area contributed by atoms with Gasteiger partial charge in [-0.15, -0.1) is 0 Å².